The molecule has 2 aromatic heterocycles. The number of nitrogens with zero attached hydrogens (tertiary/aromatic N) is 3. The van der Waals surface area contributed by atoms with Crippen LogP contribution in [0.15, 0.2) is 18.5 Å². The lowest BCUT2D eigenvalue weighted by Crippen LogP contribution is -2.18. The monoisotopic (exact) mass is 246 g/mol. The molecule has 0 aliphatic carbocycles. The second-order valence-electron chi connectivity index (χ2n) is 4.99. The van der Waals surface area contributed by atoms with Crippen LogP contribution in [-0.4, -0.2) is 20.6 Å². The molecule has 0 fully saturated rings. The van der Waals surface area contributed by atoms with Crippen molar-refractivity contribution in [2.24, 2.45) is 0 Å². The van der Waals surface area contributed by atoms with Gasteiger partial charge in [0.1, 0.15) is 5.52 Å². The van der Waals surface area contributed by atoms with Crippen LogP contribution < -0.4 is 5.32 Å². The topological polar surface area (TPSA) is 42.2 Å². The predicted molar refractivity (Wildman–Crippen MR) is 75.1 cm³/mol. The molecule has 0 atom stereocenters. The molecular formula is C14H22N4. The average Bonchev–Trinajstić information content (AvgIpc) is 2.80. The van der Waals surface area contributed by atoms with Crippen LogP contribution in [0, 0.1) is 0 Å². The zero-order chi connectivity index (χ0) is 13.1. The number of aromatic nitrogens is 3. The van der Waals surface area contributed by atoms with Crippen molar-refractivity contribution < 1.29 is 0 Å². The first kappa shape index (κ1) is 12.9. The van der Waals surface area contributed by atoms with Gasteiger partial charge in [0.15, 0.2) is 5.82 Å². The summed E-state index contributed by atoms with van der Waals surface area (Å²) >= 11 is 0. The molecule has 0 spiro atoms. The molecule has 2 heterocycles. The Morgan fingerprint density at radius 3 is 2.61 bits per heavy atom. The van der Waals surface area contributed by atoms with E-state index in [1.807, 2.05) is 10.7 Å². The van der Waals surface area contributed by atoms with Crippen LogP contribution in [0.1, 0.15) is 52.1 Å². The Balaban J connectivity index is 2.38. The minimum absolute atomic E-state index is 0.436. The molecule has 4 nitrogen and oxygen atoms in total. The van der Waals surface area contributed by atoms with E-state index in [9.17, 15) is 0 Å². The third-order valence-electron chi connectivity index (χ3n) is 3.33. The zero-order valence-corrected chi connectivity index (χ0v) is 11.6. The molecule has 1 N–H and O–H groups in total. The zero-order valence-electron chi connectivity index (χ0n) is 11.6. The molecule has 0 aliphatic rings. The summed E-state index contributed by atoms with van der Waals surface area (Å²) in [4.78, 5) is 4.44. The van der Waals surface area contributed by atoms with Crippen LogP contribution in [0.5, 0.6) is 0 Å². The molecule has 0 radical (unpaired) electrons. The first-order chi connectivity index (χ1) is 8.65. The van der Waals surface area contributed by atoms with Gasteiger partial charge in [-0.25, -0.2) is 9.50 Å². The second kappa shape index (κ2) is 5.38. The van der Waals surface area contributed by atoms with Crippen LogP contribution in [0.25, 0.3) is 5.52 Å². The van der Waals surface area contributed by atoms with Gasteiger partial charge in [0.25, 0.3) is 0 Å². The Labute approximate surface area is 108 Å². The quantitative estimate of drug-likeness (QED) is 0.878. The molecule has 18 heavy (non-hydrogen) atoms. The van der Waals surface area contributed by atoms with Crippen molar-refractivity contribution >= 4 is 11.3 Å². The Kier molecular flexibility index (Phi) is 3.84. The van der Waals surface area contributed by atoms with Crippen molar-refractivity contribution in [1.29, 1.82) is 0 Å². The smallest absolute Gasteiger partial charge is 0.152 e. The minimum atomic E-state index is 0.436. The SMILES string of the molecule is CCC(CC)Nc1nccn2nc(C(C)C)cc12. The van der Waals surface area contributed by atoms with E-state index in [-0.39, 0.29) is 0 Å². The van der Waals surface area contributed by atoms with Gasteiger partial charge in [-0.1, -0.05) is 27.7 Å². The Morgan fingerprint density at radius 1 is 1.28 bits per heavy atom. The standard InChI is InChI=1S/C14H22N4/c1-5-11(6-2)16-14-13-9-12(10(3)4)17-18(13)8-7-15-14/h7-11H,5-6H2,1-4H3,(H,15,16). The first-order valence-electron chi connectivity index (χ1n) is 6.76. The molecule has 4 heteroatoms. The van der Waals surface area contributed by atoms with Gasteiger partial charge in [-0.15, -0.1) is 0 Å². The van der Waals surface area contributed by atoms with E-state index < -0.39 is 0 Å². The van der Waals surface area contributed by atoms with Crippen molar-refractivity contribution in [3.05, 3.63) is 24.2 Å². The van der Waals surface area contributed by atoms with Gasteiger partial charge in [-0.2, -0.15) is 5.10 Å². The number of anilines is 1. The second-order valence-corrected chi connectivity index (χ2v) is 4.99. The van der Waals surface area contributed by atoms with Gasteiger partial charge in [0.2, 0.25) is 0 Å². The average molecular weight is 246 g/mol. The third-order valence-corrected chi connectivity index (χ3v) is 3.33. The van der Waals surface area contributed by atoms with E-state index >= 15 is 0 Å². The molecule has 0 saturated carbocycles. The number of rotatable bonds is 5. The Bertz CT molecular complexity index is 511. The van der Waals surface area contributed by atoms with Gasteiger partial charge in [-0.3, -0.25) is 0 Å². The largest absolute Gasteiger partial charge is 0.366 e. The fraction of sp³-hybridized carbons (Fsp3) is 0.571. The molecular weight excluding hydrogens is 224 g/mol. The summed E-state index contributed by atoms with van der Waals surface area (Å²) in [5.74, 6) is 1.37. The number of fused-ring (bicyclic) bond motifs is 1. The highest BCUT2D eigenvalue weighted by Gasteiger charge is 2.11. The summed E-state index contributed by atoms with van der Waals surface area (Å²) < 4.78 is 1.91. The third kappa shape index (κ3) is 2.47. The molecule has 0 amide bonds. The molecule has 2 aromatic rings. The summed E-state index contributed by atoms with van der Waals surface area (Å²) in [6, 6.07) is 2.60. The van der Waals surface area contributed by atoms with Crippen molar-refractivity contribution in [3.63, 3.8) is 0 Å². The van der Waals surface area contributed by atoms with E-state index in [0.29, 0.717) is 12.0 Å². The van der Waals surface area contributed by atoms with E-state index in [2.05, 4.69) is 49.2 Å². The number of hydrogen-bond donors (Lipinski definition) is 1. The number of hydrogen-bond acceptors (Lipinski definition) is 3. The van der Waals surface area contributed by atoms with Crippen molar-refractivity contribution in [2.45, 2.75) is 52.5 Å². The van der Waals surface area contributed by atoms with Crippen molar-refractivity contribution in [2.75, 3.05) is 5.32 Å². The normalized spacial score (nSPS) is 11.7. The molecule has 0 aromatic carbocycles. The van der Waals surface area contributed by atoms with E-state index in [4.69, 9.17) is 0 Å². The van der Waals surface area contributed by atoms with E-state index in [1.165, 1.54) is 0 Å². The highest BCUT2D eigenvalue weighted by Crippen LogP contribution is 2.21. The van der Waals surface area contributed by atoms with Gasteiger partial charge in [0.05, 0.1) is 5.69 Å². The minimum Gasteiger partial charge on any atom is -0.366 e. The van der Waals surface area contributed by atoms with Crippen LogP contribution in [-0.2, 0) is 0 Å². The summed E-state index contributed by atoms with van der Waals surface area (Å²) in [5.41, 5.74) is 2.17. The maximum Gasteiger partial charge on any atom is 0.152 e. The fourth-order valence-corrected chi connectivity index (χ4v) is 2.02. The van der Waals surface area contributed by atoms with Crippen molar-refractivity contribution in [3.8, 4) is 0 Å². The molecule has 0 aliphatic heterocycles. The van der Waals surface area contributed by atoms with Crippen LogP contribution in [0.4, 0.5) is 5.82 Å². The summed E-state index contributed by atoms with van der Waals surface area (Å²) in [6.07, 6.45) is 5.91. The van der Waals surface area contributed by atoms with Crippen molar-refractivity contribution in [1.82, 2.24) is 14.6 Å². The molecule has 0 unspecified atom stereocenters. The van der Waals surface area contributed by atoms with Gasteiger partial charge in [0, 0.05) is 18.4 Å². The molecule has 0 saturated heterocycles. The summed E-state index contributed by atoms with van der Waals surface area (Å²) in [7, 11) is 0. The Hall–Kier alpha value is -1.58. The highest BCUT2D eigenvalue weighted by atomic mass is 15.2. The maximum atomic E-state index is 4.57. The van der Waals surface area contributed by atoms with Gasteiger partial charge >= 0.3 is 0 Å². The maximum absolute atomic E-state index is 4.57. The van der Waals surface area contributed by atoms with Gasteiger partial charge < -0.3 is 5.32 Å². The van der Waals surface area contributed by atoms with E-state index in [1.54, 1.807) is 6.20 Å². The molecule has 98 valence electrons. The molecule has 2 rings (SSSR count). The van der Waals surface area contributed by atoms with Crippen LogP contribution in [0.2, 0.25) is 0 Å². The fourth-order valence-electron chi connectivity index (χ4n) is 2.02. The van der Waals surface area contributed by atoms with E-state index in [0.717, 1.165) is 29.9 Å². The summed E-state index contributed by atoms with van der Waals surface area (Å²) in [5, 5.41) is 8.07. The lowest BCUT2D eigenvalue weighted by molar-refractivity contribution is 0.668. The Morgan fingerprint density at radius 2 is 2.00 bits per heavy atom. The summed E-state index contributed by atoms with van der Waals surface area (Å²) in [6.45, 7) is 8.70. The van der Waals surface area contributed by atoms with Gasteiger partial charge in [-0.05, 0) is 24.8 Å². The lowest BCUT2D eigenvalue weighted by atomic mass is 10.1. The molecule has 0 bridgehead atoms. The number of nitrogens with one attached hydrogen (secondary N) is 1. The lowest BCUT2D eigenvalue weighted by Gasteiger charge is -2.15. The van der Waals surface area contributed by atoms with Crippen LogP contribution in [0.3, 0.4) is 0 Å². The highest BCUT2D eigenvalue weighted by molar-refractivity contribution is 5.68. The van der Waals surface area contributed by atoms with Crippen LogP contribution >= 0.6 is 0 Å². The first-order valence-corrected chi connectivity index (χ1v) is 6.76. The predicted octanol–water partition coefficient (Wildman–Crippen LogP) is 3.45.